The third-order valence-electron chi connectivity index (χ3n) is 3.71. The Morgan fingerprint density at radius 1 is 1.11 bits per heavy atom. The normalized spacial score (nSPS) is 10.5. The number of nitrogens with one attached hydrogen (secondary N) is 2. The number of anilines is 1. The summed E-state index contributed by atoms with van der Waals surface area (Å²) in [5.74, 6) is -1.19. The van der Waals surface area contributed by atoms with Crippen LogP contribution in [0.5, 0.6) is 0 Å². The Labute approximate surface area is 164 Å². The van der Waals surface area contributed by atoms with Crippen LogP contribution >= 0.6 is 11.3 Å². The minimum atomic E-state index is -0.427. The maximum Gasteiger partial charge on any atom is 0.286 e. The molecule has 0 aliphatic rings. The van der Waals surface area contributed by atoms with Crippen LogP contribution < -0.4 is 10.6 Å². The lowest BCUT2D eigenvalue weighted by Crippen LogP contribution is -2.23. The van der Waals surface area contributed by atoms with Gasteiger partial charge in [0.15, 0.2) is 0 Å². The molecule has 0 radical (unpaired) electrons. The minimum Gasteiger partial charge on any atom is -0.377 e. The summed E-state index contributed by atoms with van der Waals surface area (Å²) in [5.41, 5.74) is 1.17. The van der Waals surface area contributed by atoms with Gasteiger partial charge in [0.25, 0.3) is 11.8 Å². The number of halogens is 1. The van der Waals surface area contributed by atoms with E-state index < -0.39 is 5.91 Å². The van der Waals surface area contributed by atoms with E-state index >= 15 is 0 Å². The fourth-order valence-corrected chi connectivity index (χ4v) is 3.08. The van der Waals surface area contributed by atoms with Crippen LogP contribution in [-0.4, -0.2) is 29.1 Å². The van der Waals surface area contributed by atoms with Gasteiger partial charge in [-0.15, -0.1) is 10.2 Å². The lowest BCUT2D eigenvalue weighted by Gasteiger charge is -2.08. The van der Waals surface area contributed by atoms with Crippen LogP contribution in [0.4, 0.5) is 10.1 Å². The molecule has 0 saturated carbocycles. The molecular formula is C19H17FN4O3S. The molecule has 0 aliphatic heterocycles. The average Bonchev–Trinajstić information content (AvgIpc) is 3.16. The van der Waals surface area contributed by atoms with Gasteiger partial charge >= 0.3 is 0 Å². The van der Waals surface area contributed by atoms with Crippen LogP contribution in [0.15, 0.2) is 48.5 Å². The van der Waals surface area contributed by atoms with E-state index in [0.717, 1.165) is 11.3 Å². The minimum absolute atomic E-state index is 0.0646. The summed E-state index contributed by atoms with van der Waals surface area (Å²) in [6, 6.07) is 12.7. The number of amides is 2. The summed E-state index contributed by atoms with van der Waals surface area (Å²) < 4.78 is 18.6. The zero-order chi connectivity index (χ0) is 19.9. The highest BCUT2D eigenvalue weighted by Gasteiger charge is 2.14. The lowest BCUT2D eigenvalue weighted by molar-refractivity contribution is 0.0949. The molecule has 0 atom stereocenters. The number of nitrogens with zero attached hydrogens (tertiary/aromatic N) is 2. The van der Waals surface area contributed by atoms with Gasteiger partial charge in [0.1, 0.15) is 10.8 Å². The van der Waals surface area contributed by atoms with Crippen LogP contribution in [0.1, 0.15) is 30.7 Å². The zero-order valence-electron chi connectivity index (χ0n) is 14.9. The van der Waals surface area contributed by atoms with Crippen LogP contribution in [0.25, 0.3) is 0 Å². The third kappa shape index (κ3) is 4.96. The number of hydrogen-bond donors (Lipinski definition) is 2. The van der Waals surface area contributed by atoms with Crippen LogP contribution in [0.2, 0.25) is 0 Å². The van der Waals surface area contributed by atoms with Crippen molar-refractivity contribution in [3.63, 3.8) is 0 Å². The molecule has 0 fully saturated rings. The molecule has 0 spiro atoms. The highest BCUT2D eigenvalue weighted by atomic mass is 32.1. The quantitative estimate of drug-likeness (QED) is 0.636. The number of ether oxygens (including phenoxy) is 1. The first-order chi connectivity index (χ1) is 13.6. The predicted molar refractivity (Wildman–Crippen MR) is 103 cm³/mol. The van der Waals surface area contributed by atoms with E-state index in [-0.39, 0.29) is 29.9 Å². The van der Waals surface area contributed by atoms with Crippen molar-refractivity contribution in [2.75, 3.05) is 12.4 Å². The van der Waals surface area contributed by atoms with Crippen molar-refractivity contribution >= 4 is 28.8 Å². The van der Waals surface area contributed by atoms with Gasteiger partial charge in [-0.1, -0.05) is 35.6 Å². The number of carbonyl (C=O) groups excluding carboxylic acids is 2. The monoisotopic (exact) mass is 400 g/mol. The highest BCUT2D eigenvalue weighted by molar-refractivity contribution is 7.13. The molecule has 28 heavy (non-hydrogen) atoms. The number of carbonyl (C=O) groups is 2. The van der Waals surface area contributed by atoms with Gasteiger partial charge in [0, 0.05) is 30.5 Å². The van der Waals surface area contributed by atoms with Gasteiger partial charge in [-0.2, -0.15) is 0 Å². The maximum absolute atomic E-state index is 13.6. The second-order valence-electron chi connectivity index (χ2n) is 5.74. The van der Waals surface area contributed by atoms with Crippen LogP contribution in [-0.2, 0) is 17.9 Å². The molecule has 9 heteroatoms. The van der Waals surface area contributed by atoms with Gasteiger partial charge < -0.3 is 15.4 Å². The van der Waals surface area contributed by atoms with E-state index in [1.807, 2.05) is 0 Å². The topological polar surface area (TPSA) is 93.2 Å². The molecule has 0 aliphatic carbocycles. The molecule has 144 valence electrons. The Balaban J connectivity index is 1.63. The van der Waals surface area contributed by atoms with E-state index in [2.05, 4.69) is 20.8 Å². The van der Waals surface area contributed by atoms with Crippen molar-refractivity contribution < 1.29 is 18.7 Å². The van der Waals surface area contributed by atoms with Crippen molar-refractivity contribution in [2.45, 2.75) is 13.2 Å². The average molecular weight is 400 g/mol. The summed E-state index contributed by atoms with van der Waals surface area (Å²) in [4.78, 5) is 24.6. The zero-order valence-corrected chi connectivity index (χ0v) is 15.8. The second-order valence-corrected chi connectivity index (χ2v) is 6.81. The van der Waals surface area contributed by atoms with E-state index in [1.54, 1.807) is 36.4 Å². The second kappa shape index (κ2) is 9.16. The van der Waals surface area contributed by atoms with E-state index in [0.29, 0.717) is 21.8 Å². The molecule has 7 nitrogen and oxygen atoms in total. The Morgan fingerprint density at radius 2 is 1.93 bits per heavy atom. The first-order valence-corrected chi connectivity index (χ1v) is 9.13. The van der Waals surface area contributed by atoms with Crippen molar-refractivity contribution in [1.29, 1.82) is 0 Å². The van der Waals surface area contributed by atoms with Gasteiger partial charge in [-0.3, -0.25) is 9.59 Å². The summed E-state index contributed by atoms with van der Waals surface area (Å²) in [6.45, 7) is 0.345. The van der Waals surface area contributed by atoms with E-state index in [1.165, 1.54) is 19.2 Å². The number of rotatable bonds is 7. The van der Waals surface area contributed by atoms with E-state index in [9.17, 15) is 14.0 Å². The smallest absolute Gasteiger partial charge is 0.286 e. The molecule has 1 aromatic heterocycles. The number of hydrogen-bond acceptors (Lipinski definition) is 6. The van der Waals surface area contributed by atoms with Crippen molar-refractivity contribution in [2.24, 2.45) is 0 Å². The molecule has 2 N–H and O–H groups in total. The van der Waals surface area contributed by atoms with Gasteiger partial charge in [0.2, 0.25) is 5.01 Å². The summed E-state index contributed by atoms with van der Waals surface area (Å²) in [6.07, 6.45) is 0. The van der Waals surface area contributed by atoms with Gasteiger partial charge in [-0.05, 0) is 24.3 Å². The van der Waals surface area contributed by atoms with Gasteiger partial charge in [-0.25, -0.2) is 4.39 Å². The van der Waals surface area contributed by atoms with E-state index in [4.69, 9.17) is 4.74 Å². The number of aromatic nitrogens is 2. The largest absolute Gasteiger partial charge is 0.377 e. The molecular weight excluding hydrogens is 383 g/mol. The highest BCUT2D eigenvalue weighted by Crippen LogP contribution is 2.15. The molecule has 0 bridgehead atoms. The summed E-state index contributed by atoms with van der Waals surface area (Å²) in [5, 5.41) is 13.8. The molecule has 2 amide bonds. The molecule has 0 unspecified atom stereocenters. The Morgan fingerprint density at radius 3 is 2.71 bits per heavy atom. The Kier molecular flexibility index (Phi) is 6.41. The van der Waals surface area contributed by atoms with Crippen molar-refractivity contribution in [1.82, 2.24) is 15.5 Å². The number of benzene rings is 2. The Bertz CT molecular complexity index is 993. The fraction of sp³-hybridized carbons (Fsp3) is 0.158. The number of methoxy groups -OCH3 is 1. The SMILES string of the molecule is COCc1nnc(C(=O)Nc2cccc(C(=O)NCc3ccccc3F)c2)s1. The molecule has 3 rings (SSSR count). The van der Waals surface area contributed by atoms with Crippen LogP contribution in [0.3, 0.4) is 0 Å². The van der Waals surface area contributed by atoms with Crippen molar-refractivity contribution in [3.8, 4) is 0 Å². The summed E-state index contributed by atoms with van der Waals surface area (Å²) >= 11 is 1.13. The first kappa shape index (κ1) is 19.6. The van der Waals surface area contributed by atoms with Crippen LogP contribution in [0, 0.1) is 5.82 Å². The predicted octanol–water partition coefficient (Wildman–Crippen LogP) is 3.01. The molecule has 3 aromatic rings. The Hall–Kier alpha value is -3.17. The third-order valence-corrected chi connectivity index (χ3v) is 4.60. The van der Waals surface area contributed by atoms with Gasteiger partial charge in [0.05, 0.1) is 6.61 Å². The molecule has 0 saturated heterocycles. The lowest BCUT2D eigenvalue weighted by atomic mass is 10.1. The maximum atomic E-state index is 13.6. The standard InChI is InChI=1S/C19H17FN4O3S/c1-27-11-16-23-24-19(28-16)18(26)22-14-7-4-6-12(9-14)17(25)21-10-13-5-2-3-8-15(13)20/h2-9H,10-11H2,1H3,(H,21,25)(H,22,26). The summed E-state index contributed by atoms with van der Waals surface area (Å²) in [7, 11) is 1.53. The molecule has 1 heterocycles. The fourth-order valence-electron chi connectivity index (χ4n) is 2.37. The van der Waals surface area contributed by atoms with Crippen molar-refractivity contribution in [3.05, 3.63) is 75.5 Å². The first-order valence-electron chi connectivity index (χ1n) is 8.31. The molecule has 2 aromatic carbocycles.